The van der Waals surface area contributed by atoms with Gasteiger partial charge in [0, 0.05) is 18.6 Å². The normalized spacial score (nSPS) is 20.8. The van der Waals surface area contributed by atoms with Crippen LogP contribution in [0.5, 0.6) is 0 Å². The van der Waals surface area contributed by atoms with Gasteiger partial charge in [-0.25, -0.2) is 4.99 Å². The largest absolute Gasteiger partial charge is 0.357 e. The maximum absolute atomic E-state index is 11.6. The van der Waals surface area contributed by atoms with Crippen molar-refractivity contribution in [3.8, 4) is 0 Å². The van der Waals surface area contributed by atoms with Crippen LogP contribution in [0.25, 0.3) is 0 Å². The van der Waals surface area contributed by atoms with Gasteiger partial charge in [0.1, 0.15) is 6.54 Å². The molecular weight excluding hydrogens is 228 g/mol. The lowest BCUT2D eigenvalue weighted by molar-refractivity contribution is -0.119. The van der Waals surface area contributed by atoms with E-state index in [1.54, 1.807) is 0 Å². The Morgan fingerprint density at radius 3 is 2.39 bits per heavy atom. The molecule has 0 unspecified atom stereocenters. The van der Waals surface area contributed by atoms with E-state index in [0.717, 1.165) is 25.3 Å². The number of hydrogen-bond acceptors (Lipinski definition) is 2. The zero-order valence-corrected chi connectivity index (χ0v) is 11.2. The van der Waals surface area contributed by atoms with Gasteiger partial charge in [-0.2, -0.15) is 0 Å². The van der Waals surface area contributed by atoms with Crippen LogP contribution in [0.15, 0.2) is 4.99 Å². The Hall–Kier alpha value is -1.26. The first-order valence-corrected chi connectivity index (χ1v) is 7.12. The molecule has 2 aliphatic carbocycles. The van der Waals surface area contributed by atoms with Crippen LogP contribution in [0, 0.1) is 0 Å². The molecule has 0 aromatic rings. The Bertz CT molecular complexity index is 306. The van der Waals surface area contributed by atoms with E-state index in [4.69, 9.17) is 0 Å². The summed E-state index contributed by atoms with van der Waals surface area (Å²) in [5.74, 6) is 0.802. The summed E-state index contributed by atoms with van der Waals surface area (Å²) < 4.78 is 0. The van der Waals surface area contributed by atoms with Crippen molar-refractivity contribution in [1.82, 2.24) is 16.0 Å². The number of nitrogens with one attached hydrogen (secondary N) is 3. The van der Waals surface area contributed by atoms with Crippen molar-refractivity contribution < 1.29 is 4.79 Å². The maximum Gasteiger partial charge on any atom is 0.242 e. The number of carbonyl (C=O) groups is 1. The highest BCUT2D eigenvalue weighted by Crippen LogP contribution is 2.18. The van der Waals surface area contributed by atoms with E-state index < -0.39 is 0 Å². The molecule has 0 aliphatic heterocycles. The van der Waals surface area contributed by atoms with Crippen LogP contribution in [0.3, 0.4) is 0 Å². The summed E-state index contributed by atoms with van der Waals surface area (Å²) >= 11 is 0. The zero-order valence-electron chi connectivity index (χ0n) is 11.2. The Balaban J connectivity index is 1.76. The predicted octanol–water partition coefficient (Wildman–Crippen LogP) is 0.763. The summed E-state index contributed by atoms with van der Waals surface area (Å²) in [4.78, 5) is 15.9. The number of rotatable bonds is 5. The van der Waals surface area contributed by atoms with E-state index >= 15 is 0 Å². The average molecular weight is 252 g/mol. The monoisotopic (exact) mass is 252 g/mol. The van der Waals surface area contributed by atoms with Crippen LogP contribution in [0.2, 0.25) is 0 Å². The molecule has 3 N–H and O–H groups in total. The second-order valence-corrected chi connectivity index (χ2v) is 5.16. The van der Waals surface area contributed by atoms with E-state index in [0.29, 0.717) is 12.1 Å². The van der Waals surface area contributed by atoms with Crippen molar-refractivity contribution in [2.24, 2.45) is 4.99 Å². The standard InChI is InChI=1S/C13H24N4O/c1-2-14-13(17-10-5-3-4-6-10)15-9-12(18)16-11-7-8-11/h10-11H,2-9H2,1H3,(H,16,18)(H2,14,15,17). The van der Waals surface area contributed by atoms with Gasteiger partial charge >= 0.3 is 0 Å². The van der Waals surface area contributed by atoms with Gasteiger partial charge in [-0.05, 0) is 32.6 Å². The third kappa shape index (κ3) is 4.55. The lowest BCUT2D eigenvalue weighted by atomic mass is 10.2. The van der Waals surface area contributed by atoms with Crippen molar-refractivity contribution in [2.45, 2.75) is 57.5 Å². The maximum atomic E-state index is 11.6. The molecule has 1 amide bonds. The van der Waals surface area contributed by atoms with Gasteiger partial charge in [0.05, 0.1) is 0 Å². The summed E-state index contributed by atoms with van der Waals surface area (Å²) in [5, 5.41) is 9.54. The summed E-state index contributed by atoms with van der Waals surface area (Å²) in [5.41, 5.74) is 0. The van der Waals surface area contributed by atoms with Crippen molar-refractivity contribution in [3.63, 3.8) is 0 Å². The van der Waals surface area contributed by atoms with Crippen molar-refractivity contribution >= 4 is 11.9 Å². The van der Waals surface area contributed by atoms with E-state index in [2.05, 4.69) is 20.9 Å². The average Bonchev–Trinajstić information content (AvgIpc) is 3.01. The van der Waals surface area contributed by atoms with Crippen LogP contribution in [-0.4, -0.2) is 37.0 Å². The number of aliphatic imine (C=N–C) groups is 1. The summed E-state index contributed by atoms with van der Waals surface area (Å²) in [6.07, 6.45) is 7.24. The lowest BCUT2D eigenvalue weighted by Crippen LogP contribution is -2.43. The summed E-state index contributed by atoms with van der Waals surface area (Å²) in [6.45, 7) is 3.08. The quantitative estimate of drug-likeness (QED) is 0.500. The third-order valence-corrected chi connectivity index (χ3v) is 3.36. The minimum Gasteiger partial charge on any atom is -0.357 e. The van der Waals surface area contributed by atoms with Gasteiger partial charge in [-0.1, -0.05) is 12.8 Å². The molecule has 5 nitrogen and oxygen atoms in total. The first-order valence-electron chi connectivity index (χ1n) is 7.12. The minimum absolute atomic E-state index is 0.0288. The molecule has 2 aliphatic rings. The highest BCUT2D eigenvalue weighted by molar-refractivity contribution is 5.85. The molecule has 0 bridgehead atoms. The van der Waals surface area contributed by atoms with Gasteiger partial charge in [0.15, 0.2) is 5.96 Å². The van der Waals surface area contributed by atoms with Gasteiger partial charge < -0.3 is 16.0 Å². The molecule has 0 radical (unpaired) electrons. The van der Waals surface area contributed by atoms with Crippen molar-refractivity contribution in [3.05, 3.63) is 0 Å². The zero-order chi connectivity index (χ0) is 12.8. The van der Waals surface area contributed by atoms with Crippen LogP contribution >= 0.6 is 0 Å². The number of amides is 1. The second kappa shape index (κ2) is 6.61. The SMILES string of the molecule is CCNC(=NCC(=O)NC1CC1)NC1CCCC1. The van der Waals surface area contributed by atoms with Crippen LogP contribution in [0.4, 0.5) is 0 Å². The Labute approximate surface area is 109 Å². The fourth-order valence-electron chi connectivity index (χ4n) is 2.24. The molecule has 0 saturated heterocycles. The third-order valence-electron chi connectivity index (χ3n) is 3.36. The van der Waals surface area contributed by atoms with Crippen LogP contribution in [0.1, 0.15) is 45.4 Å². The molecule has 18 heavy (non-hydrogen) atoms. The van der Waals surface area contributed by atoms with Gasteiger partial charge in [-0.15, -0.1) is 0 Å². The van der Waals surface area contributed by atoms with Crippen LogP contribution in [-0.2, 0) is 4.79 Å². The first-order chi connectivity index (χ1) is 8.78. The minimum atomic E-state index is 0.0288. The van der Waals surface area contributed by atoms with E-state index in [9.17, 15) is 4.79 Å². The molecule has 0 aromatic carbocycles. The lowest BCUT2D eigenvalue weighted by Gasteiger charge is -2.16. The molecule has 5 heteroatoms. The van der Waals surface area contributed by atoms with Crippen molar-refractivity contribution in [2.75, 3.05) is 13.1 Å². The molecule has 2 saturated carbocycles. The van der Waals surface area contributed by atoms with Gasteiger partial charge in [-0.3, -0.25) is 4.79 Å². The molecule has 102 valence electrons. The Morgan fingerprint density at radius 2 is 1.78 bits per heavy atom. The summed E-state index contributed by atoms with van der Waals surface area (Å²) in [6, 6.07) is 0.937. The molecular formula is C13H24N4O. The van der Waals surface area contributed by atoms with Crippen molar-refractivity contribution in [1.29, 1.82) is 0 Å². The van der Waals surface area contributed by atoms with Crippen LogP contribution < -0.4 is 16.0 Å². The van der Waals surface area contributed by atoms with E-state index in [1.165, 1.54) is 25.7 Å². The molecule has 2 rings (SSSR count). The second-order valence-electron chi connectivity index (χ2n) is 5.16. The Kier molecular flexibility index (Phi) is 4.84. The molecule has 0 atom stereocenters. The number of nitrogens with zero attached hydrogens (tertiary/aromatic N) is 1. The fraction of sp³-hybridized carbons (Fsp3) is 0.846. The topological polar surface area (TPSA) is 65.5 Å². The summed E-state index contributed by atoms with van der Waals surface area (Å²) in [7, 11) is 0. The number of hydrogen-bond donors (Lipinski definition) is 3. The number of carbonyl (C=O) groups excluding carboxylic acids is 1. The smallest absolute Gasteiger partial charge is 0.242 e. The van der Waals surface area contributed by atoms with E-state index in [1.807, 2.05) is 6.92 Å². The molecule has 0 heterocycles. The molecule has 2 fully saturated rings. The molecule has 0 spiro atoms. The highest BCUT2D eigenvalue weighted by atomic mass is 16.2. The highest BCUT2D eigenvalue weighted by Gasteiger charge is 2.23. The molecule has 0 aromatic heterocycles. The Morgan fingerprint density at radius 1 is 1.11 bits per heavy atom. The van der Waals surface area contributed by atoms with Gasteiger partial charge in [0.2, 0.25) is 5.91 Å². The number of guanidine groups is 1. The first kappa shape index (κ1) is 13.2. The van der Waals surface area contributed by atoms with Gasteiger partial charge in [0.25, 0.3) is 0 Å². The van der Waals surface area contributed by atoms with E-state index in [-0.39, 0.29) is 12.5 Å². The predicted molar refractivity (Wildman–Crippen MR) is 72.5 cm³/mol. The fourth-order valence-corrected chi connectivity index (χ4v) is 2.24.